The zero-order chi connectivity index (χ0) is 13.2. The molecule has 1 saturated heterocycles. The van der Waals surface area contributed by atoms with Crippen LogP contribution in [-0.2, 0) is 9.84 Å². The third-order valence-corrected chi connectivity index (χ3v) is 6.29. The van der Waals surface area contributed by atoms with Gasteiger partial charge in [0.2, 0.25) is 0 Å². The third kappa shape index (κ3) is 3.12. The number of aryl methyl sites for hydroxylation is 1. The Morgan fingerprint density at radius 3 is 2.83 bits per heavy atom. The van der Waals surface area contributed by atoms with Crippen molar-refractivity contribution < 1.29 is 8.42 Å². The first-order valence-corrected chi connectivity index (χ1v) is 8.92. The molecule has 6 heteroatoms. The zero-order valence-corrected chi connectivity index (χ0v) is 12.3. The van der Waals surface area contributed by atoms with Gasteiger partial charge < -0.3 is 5.73 Å². The Kier molecular flexibility index (Phi) is 4.42. The number of nitrogens with two attached hydrogens (primary N) is 1. The fourth-order valence-corrected chi connectivity index (χ4v) is 4.78. The van der Waals surface area contributed by atoms with Crippen molar-refractivity contribution in [3.63, 3.8) is 0 Å². The third-order valence-electron chi connectivity index (χ3n) is 3.46. The summed E-state index contributed by atoms with van der Waals surface area (Å²) in [7, 11) is -2.85. The minimum Gasteiger partial charge on any atom is -0.329 e. The van der Waals surface area contributed by atoms with Gasteiger partial charge >= 0.3 is 0 Å². The Bertz CT molecular complexity index is 496. The first-order valence-electron chi connectivity index (χ1n) is 6.22. The molecule has 0 amide bonds. The lowest BCUT2D eigenvalue weighted by Crippen LogP contribution is -2.35. The molecule has 1 aromatic rings. The van der Waals surface area contributed by atoms with E-state index in [0.717, 1.165) is 6.54 Å². The van der Waals surface area contributed by atoms with Crippen molar-refractivity contribution >= 4 is 21.2 Å². The van der Waals surface area contributed by atoms with Gasteiger partial charge in [0.25, 0.3) is 0 Å². The van der Waals surface area contributed by atoms with E-state index in [-0.39, 0.29) is 11.8 Å². The first kappa shape index (κ1) is 14.0. The molecule has 0 spiro atoms. The fraction of sp³-hybridized carbons (Fsp3) is 0.667. The number of thiophene rings is 1. The van der Waals surface area contributed by atoms with Gasteiger partial charge in [-0.2, -0.15) is 0 Å². The average molecular weight is 288 g/mol. The molecule has 1 fully saturated rings. The maximum absolute atomic E-state index is 11.6. The van der Waals surface area contributed by atoms with Crippen LogP contribution in [0.3, 0.4) is 0 Å². The fourth-order valence-electron chi connectivity index (χ4n) is 2.42. The molecule has 0 bridgehead atoms. The molecule has 0 aliphatic carbocycles. The van der Waals surface area contributed by atoms with E-state index in [1.807, 2.05) is 0 Å². The molecule has 0 radical (unpaired) electrons. The van der Waals surface area contributed by atoms with Crippen LogP contribution in [0.4, 0.5) is 0 Å². The highest BCUT2D eigenvalue weighted by Gasteiger charge is 2.26. The summed E-state index contributed by atoms with van der Waals surface area (Å²) < 4.78 is 23.3. The number of hydrogen-bond donors (Lipinski definition) is 1. The van der Waals surface area contributed by atoms with E-state index in [0.29, 0.717) is 25.3 Å². The monoisotopic (exact) mass is 288 g/mol. The van der Waals surface area contributed by atoms with Crippen LogP contribution in [0, 0.1) is 6.92 Å². The van der Waals surface area contributed by atoms with Gasteiger partial charge in [0.1, 0.15) is 0 Å². The van der Waals surface area contributed by atoms with Gasteiger partial charge in [-0.15, -0.1) is 11.3 Å². The molecular formula is C12H20N2O2S2. The molecule has 0 saturated carbocycles. The maximum atomic E-state index is 11.6. The van der Waals surface area contributed by atoms with Crippen molar-refractivity contribution in [1.29, 1.82) is 0 Å². The van der Waals surface area contributed by atoms with Crippen molar-refractivity contribution in [2.45, 2.75) is 19.4 Å². The smallest absolute Gasteiger partial charge is 0.151 e. The molecule has 1 aromatic heterocycles. The van der Waals surface area contributed by atoms with Crippen LogP contribution < -0.4 is 5.73 Å². The molecule has 2 rings (SSSR count). The molecule has 1 aliphatic rings. The summed E-state index contributed by atoms with van der Waals surface area (Å²) in [6, 6.07) is 2.26. The minimum atomic E-state index is -2.85. The van der Waals surface area contributed by atoms with E-state index in [9.17, 15) is 8.42 Å². The van der Waals surface area contributed by atoms with Crippen LogP contribution >= 0.6 is 11.3 Å². The molecule has 2 heterocycles. The summed E-state index contributed by atoms with van der Waals surface area (Å²) in [4.78, 5) is 3.50. The predicted molar refractivity (Wildman–Crippen MR) is 75.7 cm³/mol. The summed E-state index contributed by atoms with van der Waals surface area (Å²) in [5.74, 6) is 0.568. The van der Waals surface area contributed by atoms with Gasteiger partial charge in [-0.05, 0) is 36.9 Å². The van der Waals surface area contributed by atoms with Crippen LogP contribution in [0.1, 0.15) is 22.9 Å². The molecule has 2 N–H and O–H groups in total. The van der Waals surface area contributed by atoms with Gasteiger partial charge in [-0.3, -0.25) is 4.90 Å². The van der Waals surface area contributed by atoms with Crippen molar-refractivity contribution in [3.05, 3.63) is 21.9 Å². The second-order valence-corrected chi connectivity index (χ2v) is 8.01. The lowest BCUT2D eigenvalue weighted by molar-refractivity contribution is 0.220. The first-order chi connectivity index (χ1) is 8.53. The number of rotatable bonds is 3. The van der Waals surface area contributed by atoms with Crippen molar-refractivity contribution in [3.8, 4) is 0 Å². The van der Waals surface area contributed by atoms with Crippen molar-refractivity contribution in [1.82, 2.24) is 4.90 Å². The van der Waals surface area contributed by atoms with E-state index >= 15 is 0 Å². The number of hydrogen-bond acceptors (Lipinski definition) is 5. The molecule has 18 heavy (non-hydrogen) atoms. The van der Waals surface area contributed by atoms with Crippen LogP contribution in [0.15, 0.2) is 11.4 Å². The highest BCUT2D eigenvalue weighted by molar-refractivity contribution is 7.91. The Balaban J connectivity index is 2.16. The summed E-state index contributed by atoms with van der Waals surface area (Å²) in [5, 5.41) is 2.07. The van der Waals surface area contributed by atoms with Gasteiger partial charge in [-0.25, -0.2) is 8.42 Å². The summed E-state index contributed by atoms with van der Waals surface area (Å²) in [5.41, 5.74) is 7.15. The second-order valence-electron chi connectivity index (χ2n) is 4.76. The van der Waals surface area contributed by atoms with E-state index in [4.69, 9.17) is 5.73 Å². The molecule has 1 aliphatic heterocycles. The zero-order valence-electron chi connectivity index (χ0n) is 10.6. The SMILES string of the molecule is Cc1ccsc1C(CN)N1CCCS(=O)(=O)CC1. The lowest BCUT2D eigenvalue weighted by Gasteiger charge is -2.29. The maximum Gasteiger partial charge on any atom is 0.151 e. The van der Waals surface area contributed by atoms with Crippen LogP contribution in [0.25, 0.3) is 0 Å². The van der Waals surface area contributed by atoms with Gasteiger partial charge in [0.15, 0.2) is 9.84 Å². The minimum absolute atomic E-state index is 0.165. The average Bonchev–Trinajstić information content (AvgIpc) is 2.64. The Hall–Kier alpha value is -0.430. The van der Waals surface area contributed by atoms with Crippen LogP contribution in [0.2, 0.25) is 0 Å². The number of nitrogens with zero attached hydrogens (tertiary/aromatic N) is 1. The standard InChI is InChI=1S/C12H20N2O2S2/c1-10-3-6-17-12(10)11(9-13)14-4-2-7-18(15,16)8-5-14/h3,6,11H,2,4-5,7-9,13H2,1H3. The Morgan fingerprint density at radius 2 is 2.22 bits per heavy atom. The summed E-state index contributed by atoms with van der Waals surface area (Å²) in [6.45, 7) is 4.05. The molecular weight excluding hydrogens is 268 g/mol. The Labute approximate surface area is 113 Å². The van der Waals surface area contributed by atoms with Crippen molar-refractivity contribution in [2.24, 2.45) is 5.73 Å². The van der Waals surface area contributed by atoms with Gasteiger partial charge in [0, 0.05) is 18.0 Å². The quantitative estimate of drug-likeness (QED) is 0.907. The molecule has 1 unspecified atom stereocenters. The highest BCUT2D eigenvalue weighted by atomic mass is 32.2. The summed E-state index contributed by atoms with van der Waals surface area (Å²) >= 11 is 1.71. The van der Waals surface area contributed by atoms with Crippen molar-refractivity contribution in [2.75, 3.05) is 31.1 Å². The molecule has 1 atom stereocenters. The van der Waals surface area contributed by atoms with Crippen LogP contribution in [0.5, 0.6) is 0 Å². The lowest BCUT2D eigenvalue weighted by atomic mass is 10.1. The molecule has 4 nitrogen and oxygen atoms in total. The van der Waals surface area contributed by atoms with Gasteiger partial charge in [0.05, 0.1) is 17.5 Å². The van der Waals surface area contributed by atoms with E-state index < -0.39 is 9.84 Å². The van der Waals surface area contributed by atoms with Crippen LogP contribution in [-0.4, -0.2) is 44.5 Å². The van der Waals surface area contributed by atoms with Gasteiger partial charge in [-0.1, -0.05) is 0 Å². The normalized spacial score (nSPS) is 22.6. The summed E-state index contributed by atoms with van der Waals surface area (Å²) in [6.07, 6.45) is 0.712. The largest absolute Gasteiger partial charge is 0.329 e. The number of sulfone groups is 1. The van der Waals surface area contributed by atoms with E-state index in [1.54, 1.807) is 11.3 Å². The highest BCUT2D eigenvalue weighted by Crippen LogP contribution is 2.28. The topological polar surface area (TPSA) is 63.4 Å². The van der Waals surface area contributed by atoms with E-state index in [1.165, 1.54) is 10.4 Å². The predicted octanol–water partition coefficient (Wildman–Crippen LogP) is 1.18. The molecule has 0 aromatic carbocycles. The molecule has 102 valence electrons. The Morgan fingerprint density at radius 1 is 1.44 bits per heavy atom. The van der Waals surface area contributed by atoms with E-state index in [2.05, 4.69) is 23.3 Å². The second kappa shape index (κ2) is 5.69.